The Kier molecular flexibility index (Phi) is 5.22. The molecule has 1 aliphatic heterocycles. The van der Waals surface area contributed by atoms with Crippen LogP contribution in [0, 0.1) is 0 Å². The maximum Gasteiger partial charge on any atom is 0.309 e. The first-order valence-corrected chi connectivity index (χ1v) is 8.26. The summed E-state index contributed by atoms with van der Waals surface area (Å²) in [6.45, 7) is 4.70. The molecule has 0 saturated carbocycles. The van der Waals surface area contributed by atoms with Gasteiger partial charge in [-0.05, 0) is 18.6 Å². The summed E-state index contributed by atoms with van der Waals surface area (Å²) >= 11 is 0. The minimum Gasteiger partial charge on any atom is -0.490 e. The fraction of sp³-hybridized carbons (Fsp3) is 0.429. The fourth-order valence-corrected chi connectivity index (χ4v) is 2.97. The Hall–Kier alpha value is -1.57. The SMILES string of the molecule is C=CCNCC(O)COc1cccc2c1CCS(=O)(=O)O2. The van der Waals surface area contributed by atoms with Gasteiger partial charge in [-0.2, -0.15) is 8.42 Å². The summed E-state index contributed by atoms with van der Waals surface area (Å²) in [5.74, 6) is 0.785. The minimum atomic E-state index is -3.48. The molecular weight excluding hydrogens is 294 g/mol. The van der Waals surface area contributed by atoms with Gasteiger partial charge in [0.25, 0.3) is 0 Å². The highest BCUT2D eigenvalue weighted by atomic mass is 32.2. The molecule has 0 amide bonds. The smallest absolute Gasteiger partial charge is 0.309 e. The summed E-state index contributed by atoms with van der Waals surface area (Å²) in [5.41, 5.74) is 0.721. The lowest BCUT2D eigenvalue weighted by Gasteiger charge is -2.20. The van der Waals surface area contributed by atoms with Crippen molar-refractivity contribution in [2.75, 3.05) is 25.4 Å². The summed E-state index contributed by atoms with van der Waals surface area (Å²) in [6, 6.07) is 5.00. The molecule has 1 aromatic rings. The van der Waals surface area contributed by atoms with E-state index in [1.54, 1.807) is 24.3 Å². The molecule has 1 unspecified atom stereocenters. The van der Waals surface area contributed by atoms with Crippen molar-refractivity contribution in [1.29, 1.82) is 0 Å². The van der Waals surface area contributed by atoms with Crippen LogP contribution in [0.25, 0.3) is 0 Å². The van der Waals surface area contributed by atoms with E-state index in [1.165, 1.54) is 0 Å². The summed E-state index contributed by atoms with van der Waals surface area (Å²) in [5, 5.41) is 12.8. The van der Waals surface area contributed by atoms with E-state index in [1.807, 2.05) is 0 Å². The van der Waals surface area contributed by atoms with Crippen LogP contribution in [0.1, 0.15) is 5.56 Å². The molecule has 116 valence electrons. The van der Waals surface area contributed by atoms with E-state index in [2.05, 4.69) is 11.9 Å². The van der Waals surface area contributed by atoms with Crippen LogP contribution in [-0.2, 0) is 16.5 Å². The lowest BCUT2D eigenvalue weighted by molar-refractivity contribution is 0.106. The van der Waals surface area contributed by atoms with Crippen LogP contribution in [0.4, 0.5) is 0 Å². The molecule has 0 aromatic heterocycles. The molecular formula is C14H19NO5S. The van der Waals surface area contributed by atoms with Crippen molar-refractivity contribution in [1.82, 2.24) is 5.32 Å². The zero-order valence-electron chi connectivity index (χ0n) is 11.6. The van der Waals surface area contributed by atoms with Gasteiger partial charge in [0.2, 0.25) is 0 Å². The van der Waals surface area contributed by atoms with E-state index in [-0.39, 0.29) is 12.4 Å². The van der Waals surface area contributed by atoms with Crippen LogP contribution in [0.5, 0.6) is 11.5 Å². The van der Waals surface area contributed by atoms with Crippen LogP contribution < -0.4 is 14.2 Å². The van der Waals surface area contributed by atoms with Crippen molar-refractivity contribution in [3.8, 4) is 11.5 Å². The number of rotatable bonds is 7. The molecule has 6 nitrogen and oxygen atoms in total. The van der Waals surface area contributed by atoms with E-state index in [0.29, 0.717) is 31.0 Å². The maximum atomic E-state index is 11.4. The lowest BCUT2D eigenvalue weighted by atomic mass is 10.1. The zero-order chi connectivity index (χ0) is 15.3. The number of nitrogens with one attached hydrogen (secondary N) is 1. The Labute approximate surface area is 124 Å². The molecule has 1 atom stereocenters. The molecule has 1 aromatic carbocycles. The predicted octanol–water partition coefficient (Wildman–Crippen LogP) is 0.467. The summed E-state index contributed by atoms with van der Waals surface area (Å²) in [6.07, 6.45) is 1.39. The van der Waals surface area contributed by atoms with Gasteiger partial charge >= 0.3 is 10.1 Å². The van der Waals surface area contributed by atoms with Crippen molar-refractivity contribution < 1.29 is 22.4 Å². The highest BCUT2D eigenvalue weighted by Crippen LogP contribution is 2.33. The third kappa shape index (κ3) is 4.45. The lowest BCUT2D eigenvalue weighted by Crippen LogP contribution is -2.31. The molecule has 0 bridgehead atoms. The Morgan fingerprint density at radius 2 is 2.33 bits per heavy atom. The van der Waals surface area contributed by atoms with Crippen molar-refractivity contribution in [3.63, 3.8) is 0 Å². The molecule has 21 heavy (non-hydrogen) atoms. The first-order valence-electron chi connectivity index (χ1n) is 6.68. The van der Waals surface area contributed by atoms with E-state index in [4.69, 9.17) is 8.92 Å². The van der Waals surface area contributed by atoms with Crippen molar-refractivity contribution in [2.45, 2.75) is 12.5 Å². The predicted molar refractivity (Wildman–Crippen MR) is 79.1 cm³/mol. The number of hydrogen-bond donors (Lipinski definition) is 2. The Bertz CT molecular complexity index is 599. The standard InChI is InChI=1S/C14H19NO5S/c1-2-7-15-9-11(16)10-19-13-4-3-5-14-12(13)6-8-21(17,18)20-14/h2-5,11,15-16H,1,6-10H2. The number of hydrogen-bond acceptors (Lipinski definition) is 6. The molecule has 0 saturated heterocycles. The quantitative estimate of drug-likeness (QED) is 0.432. The minimum absolute atomic E-state index is 0.0657. The molecule has 2 rings (SSSR count). The Morgan fingerprint density at radius 1 is 1.52 bits per heavy atom. The van der Waals surface area contributed by atoms with Crippen LogP contribution >= 0.6 is 0 Å². The number of aliphatic hydroxyl groups is 1. The number of aliphatic hydroxyl groups excluding tert-OH is 1. The first-order chi connectivity index (χ1) is 10.0. The van der Waals surface area contributed by atoms with Gasteiger partial charge in [0, 0.05) is 18.7 Å². The van der Waals surface area contributed by atoms with Gasteiger partial charge in [0.15, 0.2) is 0 Å². The fourth-order valence-electron chi connectivity index (χ4n) is 2.01. The zero-order valence-corrected chi connectivity index (χ0v) is 12.4. The van der Waals surface area contributed by atoms with Crippen LogP contribution in [0.2, 0.25) is 0 Å². The number of benzene rings is 1. The third-order valence-electron chi connectivity index (χ3n) is 3.01. The maximum absolute atomic E-state index is 11.4. The second kappa shape index (κ2) is 6.93. The largest absolute Gasteiger partial charge is 0.490 e. The Morgan fingerprint density at radius 3 is 3.10 bits per heavy atom. The van der Waals surface area contributed by atoms with Crippen molar-refractivity contribution in [2.24, 2.45) is 0 Å². The topological polar surface area (TPSA) is 84.9 Å². The summed E-state index contributed by atoms with van der Waals surface area (Å²) < 4.78 is 33.4. The van der Waals surface area contributed by atoms with Crippen molar-refractivity contribution >= 4 is 10.1 Å². The van der Waals surface area contributed by atoms with E-state index < -0.39 is 16.2 Å². The molecule has 2 N–H and O–H groups in total. The van der Waals surface area contributed by atoms with Crippen LogP contribution in [0.15, 0.2) is 30.9 Å². The molecule has 0 radical (unpaired) electrons. The number of ether oxygens (including phenoxy) is 1. The normalized spacial score (nSPS) is 17.4. The molecule has 1 heterocycles. The van der Waals surface area contributed by atoms with Gasteiger partial charge < -0.3 is 19.3 Å². The van der Waals surface area contributed by atoms with Crippen molar-refractivity contribution in [3.05, 3.63) is 36.4 Å². The van der Waals surface area contributed by atoms with E-state index >= 15 is 0 Å². The van der Waals surface area contributed by atoms with Gasteiger partial charge in [-0.25, -0.2) is 0 Å². The average molecular weight is 313 g/mol. The highest BCUT2D eigenvalue weighted by Gasteiger charge is 2.25. The molecule has 0 fully saturated rings. The monoisotopic (exact) mass is 313 g/mol. The average Bonchev–Trinajstić information content (AvgIpc) is 2.44. The first kappa shape index (κ1) is 15.8. The second-order valence-electron chi connectivity index (χ2n) is 4.74. The van der Waals surface area contributed by atoms with Gasteiger partial charge in [0.1, 0.15) is 24.2 Å². The molecule has 0 aliphatic carbocycles. The van der Waals surface area contributed by atoms with Gasteiger partial charge in [0.05, 0.1) is 5.75 Å². The second-order valence-corrected chi connectivity index (χ2v) is 6.43. The summed E-state index contributed by atoms with van der Waals surface area (Å²) in [4.78, 5) is 0. The van der Waals surface area contributed by atoms with E-state index in [9.17, 15) is 13.5 Å². The van der Waals surface area contributed by atoms with Gasteiger partial charge in [-0.15, -0.1) is 6.58 Å². The highest BCUT2D eigenvalue weighted by molar-refractivity contribution is 7.87. The summed E-state index contributed by atoms with van der Waals surface area (Å²) in [7, 11) is -3.48. The third-order valence-corrected chi connectivity index (χ3v) is 4.15. The van der Waals surface area contributed by atoms with Crippen LogP contribution in [0.3, 0.4) is 0 Å². The molecule has 0 spiro atoms. The van der Waals surface area contributed by atoms with Gasteiger partial charge in [-0.3, -0.25) is 0 Å². The molecule has 7 heteroatoms. The Balaban J connectivity index is 1.97. The number of fused-ring (bicyclic) bond motifs is 1. The molecule has 1 aliphatic rings. The van der Waals surface area contributed by atoms with E-state index in [0.717, 1.165) is 5.56 Å². The van der Waals surface area contributed by atoms with Gasteiger partial charge in [-0.1, -0.05) is 12.1 Å². The van der Waals surface area contributed by atoms with Crippen LogP contribution in [-0.4, -0.2) is 45.1 Å².